The zero-order valence-corrected chi connectivity index (χ0v) is 29.4. The van der Waals surface area contributed by atoms with E-state index in [0.717, 1.165) is 42.5 Å². The Balaban J connectivity index is 1.51. The predicted octanol–water partition coefficient (Wildman–Crippen LogP) is 4.70. The van der Waals surface area contributed by atoms with E-state index < -0.39 is 99.1 Å². The molecule has 16 heteroatoms. The summed E-state index contributed by atoms with van der Waals surface area (Å²) < 4.78 is 16.4. The van der Waals surface area contributed by atoms with Gasteiger partial charge in [-0.25, -0.2) is 19.2 Å². The van der Waals surface area contributed by atoms with Crippen molar-refractivity contribution in [1.82, 2.24) is 0 Å². The van der Waals surface area contributed by atoms with Crippen LogP contribution in [0.4, 0.5) is 0 Å². The Morgan fingerprint density at radius 1 is 0.463 bits per heavy atom. The number of phenolic OH excluding ortho intramolecular Hbond substituents is 7. The van der Waals surface area contributed by atoms with Crippen LogP contribution >= 0.6 is 0 Å². The molecule has 0 radical (unpaired) electrons. The number of esters is 3. The average molecular weight is 751 g/mol. The number of carbonyl (C=O) groups is 4. The second-order valence-electron chi connectivity index (χ2n) is 12.7. The van der Waals surface area contributed by atoms with Gasteiger partial charge < -0.3 is 60.2 Å². The third kappa shape index (κ3) is 9.33. The Morgan fingerprint density at radius 3 is 1.07 bits per heavy atom. The number of phenols is 8. The summed E-state index contributed by atoms with van der Waals surface area (Å²) >= 11 is 0. The van der Waals surface area contributed by atoms with Crippen LogP contribution in [-0.4, -0.2) is 88.1 Å². The SMILES string of the molecule is Cc1cc(O)cc(O)c1C(=O)O[C@@H](C)Cc1cc(O)cc(O)c1C(=O)O[C@@H](C)Cc1cc(O)cc(O)c1C(=O)O[C@H](C)Cc1cc(O)cc(O)c1C(=O)O. The number of hydrogen-bond donors (Lipinski definition) is 9. The number of carboxylic acids is 1. The van der Waals surface area contributed by atoms with Gasteiger partial charge >= 0.3 is 23.9 Å². The topological polar surface area (TPSA) is 278 Å². The third-order valence-electron chi connectivity index (χ3n) is 8.12. The number of carboxylic acid groups (broad SMARTS) is 1. The third-order valence-corrected chi connectivity index (χ3v) is 8.12. The van der Waals surface area contributed by atoms with E-state index in [1.54, 1.807) is 0 Å². The van der Waals surface area contributed by atoms with Gasteiger partial charge in [-0.1, -0.05) is 0 Å². The molecule has 0 fully saturated rings. The van der Waals surface area contributed by atoms with Crippen molar-refractivity contribution in [2.24, 2.45) is 0 Å². The van der Waals surface area contributed by atoms with Gasteiger partial charge in [-0.05, 0) is 74.2 Å². The maximum Gasteiger partial charge on any atom is 0.342 e. The molecule has 9 N–H and O–H groups in total. The molecule has 0 spiro atoms. The van der Waals surface area contributed by atoms with Gasteiger partial charge in [0.25, 0.3) is 0 Å². The van der Waals surface area contributed by atoms with Gasteiger partial charge in [0, 0.05) is 43.5 Å². The molecule has 0 aliphatic carbocycles. The molecule has 0 aromatic heterocycles. The first-order valence-corrected chi connectivity index (χ1v) is 16.3. The fraction of sp³-hybridized carbons (Fsp3) is 0.263. The molecule has 16 nitrogen and oxygen atoms in total. The molecule has 0 amide bonds. The van der Waals surface area contributed by atoms with Gasteiger partial charge in [-0.2, -0.15) is 0 Å². The first-order valence-electron chi connectivity index (χ1n) is 16.3. The predicted molar refractivity (Wildman–Crippen MR) is 187 cm³/mol. The Labute approximate surface area is 307 Å². The van der Waals surface area contributed by atoms with E-state index in [2.05, 4.69) is 0 Å². The lowest BCUT2D eigenvalue weighted by molar-refractivity contribution is 0.0326. The number of carbonyl (C=O) groups excluding carboxylic acids is 3. The minimum atomic E-state index is -1.49. The van der Waals surface area contributed by atoms with Crippen LogP contribution in [0.25, 0.3) is 0 Å². The number of hydrogen-bond acceptors (Lipinski definition) is 15. The van der Waals surface area contributed by atoms with Crippen LogP contribution in [-0.2, 0) is 33.5 Å². The standard InChI is InChI=1S/C38H38O16/c1-16-5-23(39)12-27(43)31(16)36(49)52-18(3)7-21-10-25(41)14-29(45)33(21)38(51)54-19(4)8-22-11-26(42)15-30(46)34(22)37(50)53-17(2)6-20-9-24(40)13-28(44)32(20)35(47)48/h5,9-15,17-19,39-46H,6-8H2,1-4H3,(H,47,48)/t17-,18+,19+/m1/s1. The second-order valence-corrected chi connectivity index (χ2v) is 12.7. The number of ether oxygens (including phenoxy) is 3. The smallest absolute Gasteiger partial charge is 0.342 e. The highest BCUT2D eigenvalue weighted by molar-refractivity contribution is 5.96. The van der Waals surface area contributed by atoms with Crippen LogP contribution in [0.5, 0.6) is 46.0 Å². The molecule has 4 aromatic carbocycles. The van der Waals surface area contributed by atoms with Gasteiger partial charge in [0.05, 0.1) is 0 Å². The summed E-state index contributed by atoms with van der Waals surface area (Å²) in [5.41, 5.74) is -1.37. The minimum absolute atomic E-state index is 0.0102. The van der Waals surface area contributed by atoms with Gasteiger partial charge in [0.2, 0.25) is 0 Å². The largest absolute Gasteiger partial charge is 0.508 e. The number of benzene rings is 4. The summed E-state index contributed by atoms with van der Waals surface area (Å²) in [4.78, 5) is 51.3. The van der Waals surface area contributed by atoms with Crippen molar-refractivity contribution in [3.05, 3.63) is 93.0 Å². The summed E-state index contributed by atoms with van der Waals surface area (Å²) in [6.45, 7) is 5.73. The van der Waals surface area contributed by atoms with E-state index in [4.69, 9.17) is 14.2 Å². The highest BCUT2D eigenvalue weighted by Crippen LogP contribution is 2.34. The van der Waals surface area contributed by atoms with Gasteiger partial charge in [0.15, 0.2) is 0 Å². The Hall–Kier alpha value is -6.84. The van der Waals surface area contributed by atoms with Gasteiger partial charge in [-0.15, -0.1) is 0 Å². The lowest BCUT2D eigenvalue weighted by Gasteiger charge is -2.20. The van der Waals surface area contributed by atoms with Crippen molar-refractivity contribution < 1.29 is 79.3 Å². The van der Waals surface area contributed by atoms with E-state index in [-0.39, 0.29) is 52.8 Å². The van der Waals surface area contributed by atoms with Crippen LogP contribution in [0.3, 0.4) is 0 Å². The molecule has 0 aliphatic rings. The van der Waals surface area contributed by atoms with E-state index in [1.807, 2.05) is 0 Å². The van der Waals surface area contributed by atoms with E-state index in [9.17, 15) is 65.1 Å². The molecule has 0 unspecified atom stereocenters. The van der Waals surface area contributed by atoms with Crippen LogP contribution in [0.1, 0.15) is 84.5 Å². The average Bonchev–Trinajstić information content (AvgIpc) is 2.98. The summed E-state index contributed by atoms with van der Waals surface area (Å²) in [6, 6.07) is 8.17. The highest BCUT2D eigenvalue weighted by atomic mass is 16.6. The molecule has 54 heavy (non-hydrogen) atoms. The van der Waals surface area contributed by atoms with Crippen molar-refractivity contribution >= 4 is 23.9 Å². The molecular formula is C38H38O16. The van der Waals surface area contributed by atoms with Crippen LogP contribution < -0.4 is 0 Å². The van der Waals surface area contributed by atoms with Crippen molar-refractivity contribution in [3.8, 4) is 46.0 Å². The number of aryl methyl sites for hydroxylation is 1. The molecule has 4 aromatic rings. The molecule has 0 saturated carbocycles. The summed E-state index contributed by atoms with van der Waals surface area (Å²) in [6.07, 6.45) is -3.96. The molecule has 3 atom stereocenters. The first-order chi connectivity index (χ1) is 25.2. The summed E-state index contributed by atoms with van der Waals surface area (Å²) in [5.74, 6) is -8.80. The minimum Gasteiger partial charge on any atom is -0.508 e. The van der Waals surface area contributed by atoms with Crippen molar-refractivity contribution in [2.45, 2.75) is 65.3 Å². The number of aromatic carboxylic acids is 1. The van der Waals surface area contributed by atoms with Gasteiger partial charge in [0.1, 0.15) is 86.6 Å². The molecule has 4 rings (SSSR count). The molecule has 0 saturated heterocycles. The quantitative estimate of drug-likeness (QED) is 0.0661. The maximum absolute atomic E-state index is 13.4. The second kappa shape index (κ2) is 16.2. The molecule has 0 heterocycles. The fourth-order valence-electron chi connectivity index (χ4n) is 6.00. The van der Waals surface area contributed by atoms with Crippen LogP contribution in [0, 0.1) is 6.92 Å². The number of rotatable bonds is 13. The highest BCUT2D eigenvalue weighted by Gasteiger charge is 2.28. The Kier molecular flexibility index (Phi) is 12.0. The molecule has 286 valence electrons. The summed E-state index contributed by atoms with van der Waals surface area (Å²) in [7, 11) is 0. The van der Waals surface area contributed by atoms with Crippen LogP contribution in [0.2, 0.25) is 0 Å². The summed E-state index contributed by atoms with van der Waals surface area (Å²) in [5, 5.41) is 90.9. The molecular weight excluding hydrogens is 712 g/mol. The molecule has 0 aliphatic heterocycles. The van der Waals surface area contributed by atoms with E-state index in [1.165, 1.54) is 33.8 Å². The van der Waals surface area contributed by atoms with E-state index >= 15 is 0 Å². The Bertz CT molecular complexity index is 2100. The lowest BCUT2D eigenvalue weighted by atomic mass is 9.98. The first kappa shape index (κ1) is 39.9. The zero-order valence-electron chi connectivity index (χ0n) is 29.4. The lowest BCUT2D eigenvalue weighted by Crippen LogP contribution is -2.23. The zero-order chi connectivity index (χ0) is 40.2. The van der Waals surface area contributed by atoms with Crippen LogP contribution in [0.15, 0.2) is 48.5 Å². The Morgan fingerprint density at radius 2 is 0.741 bits per heavy atom. The normalized spacial score (nSPS) is 12.7. The monoisotopic (exact) mass is 750 g/mol. The number of aromatic hydroxyl groups is 8. The molecule has 0 bridgehead atoms. The van der Waals surface area contributed by atoms with Crippen molar-refractivity contribution in [3.63, 3.8) is 0 Å². The van der Waals surface area contributed by atoms with Crippen molar-refractivity contribution in [1.29, 1.82) is 0 Å². The van der Waals surface area contributed by atoms with Crippen molar-refractivity contribution in [2.75, 3.05) is 0 Å². The van der Waals surface area contributed by atoms with Gasteiger partial charge in [-0.3, -0.25) is 0 Å². The fourth-order valence-corrected chi connectivity index (χ4v) is 6.00. The van der Waals surface area contributed by atoms with E-state index in [0.29, 0.717) is 0 Å². The maximum atomic E-state index is 13.4.